The van der Waals surface area contributed by atoms with Gasteiger partial charge in [0.05, 0.1) is 5.60 Å². The van der Waals surface area contributed by atoms with Crippen LogP contribution in [0.15, 0.2) is 18.2 Å². The average Bonchev–Trinajstić information content (AvgIpc) is 2.58. The Morgan fingerprint density at radius 3 is 2.78 bits per heavy atom. The Morgan fingerprint density at radius 2 is 2.13 bits per heavy atom. The highest BCUT2D eigenvalue weighted by Crippen LogP contribution is 2.40. The Morgan fingerprint density at radius 1 is 1.39 bits per heavy atom. The molecule has 2 atom stereocenters. The van der Waals surface area contributed by atoms with Crippen LogP contribution in [0.1, 0.15) is 36.7 Å². The van der Waals surface area contributed by atoms with Crippen molar-refractivity contribution in [1.29, 1.82) is 0 Å². The lowest BCUT2D eigenvalue weighted by Crippen LogP contribution is -2.56. The molecule has 6 heteroatoms. The third-order valence-electron chi connectivity index (χ3n) is 5.34. The Hall–Kier alpha value is -1.66. The lowest BCUT2D eigenvalue weighted by molar-refractivity contribution is -0.108. The van der Waals surface area contributed by atoms with Gasteiger partial charge in [0.2, 0.25) is 0 Å². The maximum atomic E-state index is 11.2. The van der Waals surface area contributed by atoms with Crippen LogP contribution in [0.3, 0.4) is 0 Å². The minimum Gasteiger partial charge on any atom is -0.477 e. The lowest BCUT2D eigenvalue weighted by Gasteiger charge is -2.48. The summed E-state index contributed by atoms with van der Waals surface area (Å²) in [6.45, 7) is 4.90. The maximum Gasteiger partial charge on any atom is 0.354 e. The van der Waals surface area contributed by atoms with Crippen molar-refractivity contribution >= 4 is 11.8 Å². The van der Waals surface area contributed by atoms with Crippen LogP contribution in [0.4, 0.5) is 5.82 Å². The number of aromatic carboxylic acids is 1. The second kappa shape index (κ2) is 6.45. The highest BCUT2D eigenvalue weighted by atomic mass is 16.5. The normalized spacial score (nSPS) is 29.5. The van der Waals surface area contributed by atoms with Crippen LogP contribution >= 0.6 is 0 Å². The molecule has 2 N–H and O–H groups in total. The molecule has 0 saturated carbocycles. The third kappa shape index (κ3) is 3.19. The number of aliphatic hydroxyl groups is 1. The number of pyridine rings is 1. The summed E-state index contributed by atoms with van der Waals surface area (Å²) < 4.78 is 5.41. The van der Waals surface area contributed by atoms with Crippen LogP contribution in [0.5, 0.6) is 0 Å². The molecule has 2 fully saturated rings. The summed E-state index contributed by atoms with van der Waals surface area (Å²) in [7, 11) is 0. The minimum atomic E-state index is -1.02. The molecule has 2 aliphatic heterocycles. The van der Waals surface area contributed by atoms with Gasteiger partial charge in [-0.3, -0.25) is 0 Å². The van der Waals surface area contributed by atoms with E-state index in [1.807, 2.05) is 6.07 Å². The van der Waals surface area contributed by atoms with Gasteiger partial charge in [-0.05, 0) is 37.3 Å². The van der Waals surface area contributed by atoms with Crippen LogP contribution < -0.4 is 4.90 Å². The minimum absolute atomic E-state index is 0.0559. The fourth-order valence-corrected chi connectivity index (χ4v) is 3.87. The van der Waals surface area contributed by atoms with Crippen molar-refractivity contribution in [2.75, 3.05) is 31.2 Å². The summed E-state index contributed by atoms with van der Waals surface area (Å²) in [5.74, 6) is 0.0442. The number of anilines is 1. The van der Waals surface area contributed by atoms with E-state index in [1.54, 1.807) is 6.07 Å². The Balaban J connectivity index is 1.73. The fourth-order valence-electron chi connectivity index (χ4n) is 3.87. The second-order valence-corrected chi connectivity index (χ2v) is 6.66. The first-order valence-corrected chi connectivity index (χ1v) is 8.26. The van der Waals surface area contributed by atoms with Crippen LogP contribution in [0, 0.1) is 11.8 Å². The number of piperidine rings is 1. The van der Waals surface area contributed by atoms with Gasteiger partial charge in [0.1, 0.15) is 5.82 Å². The molecular formula is C17H24N2O4. The smallest absolute Gasteiger partial charge is 0.354 e. The molecule has 6 nitrogen and oxygen atoms in total. The maximum absolute atomic E-state index is 11.2. The molecule has 0 unspecified atom stereocenters. The standard InChI is InChI=1S/C17H24N2O4/c1-12-11-19(15-4-2-3-14(18-15)16(20)21)8-7-17(12,22)13-5-9-23-10-6-13/h2-4,12-13,22H,5-11H2,1H3,(H,20,21)/t12-,17+/m1/s1. The molecule has 1 aromatic heterocycles. The number of rotatable bonds is 3. The van der Waals surface area contributed by atoms with Crippen molar-refractivity contribution in [3.63, 3.8) is 0 Å². The Labute approximate surface area is 136 Å². The first-order valence-electron chi connectivity index (χ1n) is 8.26. The van der Waals surface area contributed by atoms with Gasteiger partial charge in [-0.25, -0.2) is 9.78 Å². The summed E-state index contributed by atoms with van der Waals surface area (Å²) in [4.78, 5) is 17.4. The number of nitrogens with zero attached hydrogens (tertiary/aromatic N) is 2. The van der Waals surface area contributed by atoms with Crippen molar-refractivity contribution in [3.8, 4) is 0 Å². The van der Waals surface area contributed by atoms with Gasteiger partial charge in [-0.1, -0.05) is 13.0 Å². The molecule has 2 saturated heterocycles. The zero-order valence-corrected chi connectivity index (χ0v) is 13.4. The molecule has 3 rings (SSSR count). The lowest BCUT2D eigenvalue weighted by atomic mass is 9.70. The van der Waals surface area contributed by atoms with E-state index in [2.05, 4.69) is 16.8 Å². The van der Waals surface area contributed by atoms with E-state index >= 15 is 0 Å². The SMILES string of the molecule is C[C@@H]1CN(c2cccc(C(=O)O)n2)CC[C@@]1(O)C1CCOCC1. The van der Waals surface area contributed by atoms with Crippen LogP contribution in [-0.4, -0.2) is 53.1 Å². The van der Waals surface area contributed by atoms with Gasteiger partial charge in [0, 0.05) is 32.2 Å². The van der Waals surface area contributed by atoms with Gasteiger partial charge in [-0.2, -0.15) is 0 Å². The zero-order chi connectivity index (χ0) is 16.4. The molecule has 3 heterocycles. The Kier molecular flexibility index (Phi) is 4.55. The van der Waals surface area contributed by atoms with E-state index in [9.17, 15) is 9.90 Å². The summed E-state index contributed by atoms with van der Waals surface area (Å²) in [6, 6.07) is 5.05. The molecule has 0 aromatic carbocycles. The van der Waals surface area contributed by atoms with E-state index in [0.29, 0.717) is 25.3 Å². The number of carboxylic acid groups (broad SMARTS) is 1. The summed E-state index contributed by atoms with van der Waals surface area (Å²) in [5, 5.41) is 20.3. The molecule has 0 amide bonds. The number of aromatic nitrogens is 1. The molecule has 126 valence electrons. The number of hydrogen-bond donors (Lipinski definition) is 2. The highest BCUT2D eigenvalue weighted by molar-refractivity contribution is 5.85. The van der Waals surface area contributed by atoms with Crippen molar-refractivity contribution in [2.45, 2.75) is 31.8 Å². The molecule has 1 aromatic rings. The van der Waals surface area contributed by atoms with Crippen LogP contribution in [-0.2, 0) is 4.74 Å². The molecule has 0 aliphatic carbocycles. The van der Waals surface area contributed by atoms with E-state index in [-0.39, 0.29) is 17.5 Å². The molecule has 0 spiro atoms. The first-order chi connectivity index (χ1) is 11.0. The molecule has 0 bridgehead atoms. The monoisotopic (exact) mass is 320 g/mol. The molecule has 23 heavy (non-hydrogen) atoms. The molecule has 0 radical (unpaired) electrons. The second-order valence-electron chi connectivity index (χ2n) is 6.66. The van der Waals surface area contributed by atoms with Crippen molar-refractivity contribution in [2.24, 2.45) is 11.8 Å². The molecular weight excluding hydrogens is 296 g/mol. The fraction of sp³-hybridized carbons (Fsp3) is 0.647. The predicted molar refractivity (Wildman–Crippen MR) is 85.7 cm³/mol. The highest BCUT2D eigenvalue weighted by Gasteiger charge is 2.45. The van der Waals surface area contributed by atoms with Gasteiger partial charge in [0.25, 0.3) is 0 Å². The summed E-state index contributed by atoms with van der Waals surface area (Å²) >= 11 is 0. The zero-order valence-electron chi connectivity index (χ0n) is 13.4. The summed E-state index contributed by atoms with van der Waals surface area (Å²) in [6.07, 6.45) is 2.50. The van der Waals surface area contributed by atoms with Gasteiger partial charge >= 0.3 is 5.97 Å². The van der Waals surface area contributed by atoms with Gasteiger partial charge in [0.15, 0.2) is 5.69 Å². The van der Waals surface area contributed by atoms with Gasteiger partial charge in [-0.15, -0.1) is 0 Å². The van der Waals surface area contributed by atoms with E-state index in [0.717, 1.165) is 26.1 Å². The quantitative estimate of drug-likeness (QED) is 0.883. The number of carboxylic acids is 1. The first kappa shape index (κ1) is 16.2. The third-order valence-corrected chi connectivity index (χ3v) is 5.34. The molecule has 2 aliphatic rings. The summed E-state index contributed by atoms with van der Waals surface area (Å²) in [5.41, 5.74) is -0.606. The number of hydrogen-bond acceptors (Lipinski definition) is 5. The van der Waals surface area contributed by atoms with E-state index < -0.39 is 11.6 Å². The number of carbonyl (C=O) groups is 1. The van der Waals surface area contributed by atoms with Crippen molar-refractivity contribution in [1.82, 2.24) is 4.98 Å². The van der Waals surface area contributed by atoms with Crippen LogP contribution in [0.25, 0.3) is 0 Å². The predicted octanol–water partition coefficient (Wildman–Crippen LogP) is 1.78. The van der Waals surface area contributed by atoms with Gasteiger partial charge < -0.3 is 19.8 Å². The Bertz CT molecular complexity index is 573. The largest absolute Gasteiger partial charge is 0.477 e. The van der Waals surface area contributed by atoms with E-state index in [1.165, 1.54) is 6.07 Å². The van der Waals surface area contributed by atoms with Crippen molar-refractivity contribution in [3.05, 3.63) is 23.9 Å². The number of ether oxygens (including phenoxy) is 1. The van der Waals surface area contributed by atoms with Crippen molar-refractivity contribution < 1.29 is 19.7 Å². The van der Waals surface area contributed by atoms with Crippen LogP contribution in [0.2, 0.25) is 0 Å². The topological polar surface area (TPSA) is 82.9 Å². The van der Waals surface area contributed by atoms with E-state index in [4.69, 9.17) is 9.84 Å². The average molecular weight is 320 g/mol.